The molecule has 6 heteroatoms. The number of carbonyl (C=O) groups is 2. The highest BCUT2D eigenvalue weighted by Crippen LogP contribution is 2.14. The minimum absolute atomic E-state index is 0.197. The van der Waals surface area contributed by atoms with Crippen LogP contribution in [0.2, 0.25) is 0 Å². The number of amides is 2. The van der Waals surface area contributed by atoms with E-state index >= 15 is 0 Å². The summed E-state index contributed by atoms with van der Waals surface area (Å²) < 4.78 is 10.9. The number of rotatable bonds is 7. The van der Waals surface area contributed by atoms with Gasteiger partial charge >= 0.3 is 0 Å². The Balaban J connectivity index is 1.72. The molecule has 0 radical (unpaired) electrons. The summed E-state index contributed by atoms with van der Waals surface area (Å²) in [4.78, 5) is 23.7. The highest BCUT2D eigenvalue weighted by molar-refractivity contribution is 5.85. The zero-order chi connectivity index (χ0) is 18.9. The van der Waals surface area contributed by atoms with Crippen molar-refractivity contribution in [1.82, 2.24) is 10.9 Å². The predicted octanol–water partition coefficient (Wildman–Crippen LogP) is 2.55. The van der Waals surface area contributed by atoms with E-state index in [4.69, 9.17) is 9.47 Å². The van der Waals surface area contributed by atoms with Crippen molar-refractivity contribution in [3.63, 3.8) is 0 Å². The Hall–Kier alpha value is -3.02. The number of ether oxygens (including phenoxy) is 2. The van der Waals surface area contributed by atoms with Gasteiger partial charge in [0.05, 0.1) is 0 Å². The molecule has 0 aliphatic carbocycles. The lowest BCUT2D eigenvalue weighted by Gasteiger charge is -2.15. The van der Waals surface area contributed by atoms with Crippen molar-refractivity contribution in [2.75, 3.05) is 6.61 Å². The molecule has 2 amide bonds. The predicted molar refractivity (Wildman–Crippen MR) is 98.9 cm³/mol. The molecule has 26 heavy (non-hydrogen) atoms. The van der Waals surface area contributed by atoms with E-state index in [-0.39, 0.29) is 6.61 Å². The lowest BCUT2D eigenvalue weighted by atomic mass is 10.2. The van der Waals surface area contributed by atoms with Crippen molar-refractivity contribution in [3.05, 3.63) is 59.7 Å². The number of aryl methyl sites for hydroxylation is 2. The van der Waals surface area contributed by atoms with Crippen LogP contribution < -0.4 is 20.3 Å². The quantitative estimate of drug-likeness (QED) is 0.748. The van der Waals surface area contributed by atoms with E-state index in [2.05, 4.69) is 17.8 Å². The molecule has 2 N–H and O–H groups in total. The van der Waals surface area contributed by atoms with E-state index in [1.54, 1.807) is 19.1 Å². The van der Waals surface area contributed by atoms with Crippen LogP contribution in [0.4, 0.5) is 0 Å². The van der Waals surface area contributed by atoms with Crippen LogP contribution in [-0.2, 0) is 16.0 Å². The van der Waals surface area contributed by atoms with E-state index in [9.17, 15) is 9.59 Å². The van der Waals surface area contributed by atoms with Crippen LogP contribution >= 0.6 is 0 Å². The SMILES string of the molecule is CCc1ccc(O[C@@H](C)C(=O)NNC(=O)COc2ccc(C)cc2)cc1. The van der Waals surface area contributed by atoms with Crippen molar-refractivity contribution in [2.45, 2.75) is 33.3 Å². The van der Waals surface area contributed by atoms with Gasteiger partial charge in [-0.25, -0.2) is 0 Å². The molecule has 0 unspecified atom stereocenters. The van der Waals surface area contributed by atoms with Crippen LogP contribution in [0.1, 0.15) is 25.0 Å². The molecular weight excluding hydrogens is 332 g/mol. The van der Waals surface area contributed by atoms with Gasteiger partial charge in [-0.05, 0) is 50.1 Å². The normalized spacial score (nSPS) is 11.3. The van der Waals surface area contributed by atoms with Gasteiger partial charge in [0.15, 0.2) is 12.7 Å². The summed E-state index contributed by atoms with van der Waals surface area (Å²) in [7, 11) is 0. The second-order valence-corrected chi connectivity index (χ2v) is 5.90. The summed E-state index contributed by atoms with van der Waals surface area (Å²) in [5.74, 6) is 0.273. The van der Waals surface area contributed by atoms with Gasteiger partial charge in [0, 0.05) is 0 Å². The average molecular weight is 356 g/mol. The van der Waals surface area contributed by atoms with Crippen molar-refractivity contribution in [1.29, 1.82) is 0 Å². The van der Waals surface area contributed by atoms with Crippen LogP contribution in [-0.4, -0.2) is 24.5 Å². The van der Waals surface area contributed by atoms with Gasteiger partial charge in [0.2, 0.25) is 0 Å². The maximum atomic E-state index is 12.0. The molecule has 0 aromatic heterocycles. The van der Waals surface area contributed by atoms with Gasteiger partial charge in [0.1, 0.15) is 11.5 Å². The molecule has 0 saturated carbocycles. The third kappa shape index (κ3) is 6.12. The largest absolute Gasteiger partial charge is 0.484 e. The standard InChI is InChI=1S/C20H24N2O4/c1-4-16-7-11-18(12-8-16)26-15(3)20(24)22-21-19(23)13-25-17-9-5-14(2)6-10-17/h5-12,15H,4,13H2,1-3H3,(H,21,23)(H,22,24)/t15-/m0/s1. The number of hydrogen-bond acceptors (Lipinski definition) is 4. The van der Waals surface area contributed by atoms with Crippen molar-refractivity contribution in [2.24, 2.45) is 0 Å². The van der Waals surface area contributed by atoms with Crippen LogP contribution in [0.5, 0.6) is 11.5 Å². The summed E-state index contributed by atoms with van der Waals surface area (Å²) in [6.07, 6.45) is 0.188. The van der Waals surface area contributed by atoms with Gasteiger partial charge in [-0.1, -0.05) is 36.8 Å². The third-order valence-electron chi connectivity index (χ3n) is 3.73. The summed E-state index contributed by atoms with van der Waals surface area (Å²) in [6, 6.07) is 14.9. The molecule has 0 heterocycles. The second-order valence-electron chi connectivity index (χ2n) is 5.90. The molecule has 0 aliphatic heterocycles. The Kier molecular flexibility index (Phi) is 7.02. The summed E-state index contributed by atoms with van der Waals surface area (Å²) >= 11 is 0. The van der Waals surface area contributed by atoms with E-state index in [0.29, 0.717) is 11.5 Å². The van der Waals surface area contributed by atoms with Gasteiger partial charge in [-0.2, -0.15) is 0 Å². The number of hydrazine groups is 1. The highest BCUT2D eigenvalue weighted by atomic mass is 16.5. The molecular formula is C20H24N2O4. The minimum atomic E-state index is -0.749. The number of benzene rings is 2. The molecule has 2 aromatic rings. The molecule has 2 aromatic carbocycles. The fraction of sp³-hybridized carbons (Fsp3) is 0.300. The molecule has 0 spiro atoms. The molecule has 0 saturated heterocycles. The lowest BCUT2D eigenvalue weighted by molar-refractivity contribution is -0.133. The minimum Gasteiger partial charge on any atom is -0.484 e. The first kappa shape index (κ1) is 19.3. The Labute approximate surface area is 153 Å². The third-order valence-corrected chi connectivity index (χ3v) is 3.73. The topological polar surface area (TPSA) is 76.7 Å². The maximum Gasteiger partial charge on any atom is 0.279 e. The number of nitrogens with one attached hydrogen (secondary N) is 2. The van der Waals surface area contributed by atoms with Gasteiger partial charge in [0.25, 0.3) is 11.8 Å². The first-order chi connectivity index (χ1) is 12.5. The average Bonchev–Trinajstić information content (AvgIpc) is 2.66. The van der Waals surface area contributed by atoms with E-state index in [0.717, 1.165) is 12.0 Å². The Morgan fingerprint density at radius 1 is 0.962 bits per heavy atom. The second kappa shape index (κ2) is 9.46. The zero-order valence-corrected chi connectivity index (χ0v) is 15.2. The van der Waals surface area contributed by atoms with Crippen molar-refractivity contribution >= 4 is 11.8 Å². The van der Waals surface area contributed by atoms with E-state index < -0.39 is 17.9 Å². The van der Waals surface area contributed by atoms with Gasteiger partial charge < -0.3 is 9.47 Å². The first-order valence-electron chi connectivity index (χ1n) is 8.51. The number of hydrogen-bond donors (Lipinski definition) is 2. The Morgan fingerprint density at radius 3 is 2.19 bits per heavy atom. The van der Waals surface area contributed by atoms with Crippen LogP contribution in [0.3, 0.4) is 0 Å². The summed E-state index contributed by atoms with van der Waals surface area (Å²) in [6.45, 7) is 5.44. The Morgan fingerprint density at radius 2 is 1.58 bits per heavy atom. The molecule has 0 fully saturated rings. The number of carbonyl (C=O) groups excluding carboxylic acids is 2. The molecule has 138 valence electrons. The summed E-state index contributed by atoms with van der Waals surface area (Å²) in [5, 5.41) is 0. The van der Waals surface area contributed by atoms with Gasteiger partial charge in [-0.3, -0.25) is 20.4 Å². The van der Waals surface area contributed by atoms with Gasteiger partial charge in [-0.15, -0.1) is 0 Å². The lowest BCUT2D eigenvalue weighted by Crippen LogP contribution is -2.48. The molecule has 0 bridgehead atoms. The smallest absolute Gasteiger partial charge is 0.279 e. The maximum absolute atomic E-state index is 12.0. The van der Waals surface area contributed by atoms with Crippen molar-refractivity contribution in [3.8, 4) is 11.5 Å². The molecule has 1 atom stereocenters. The van der Waals surface area contributed by atoms with E-state index in [1.165, 1.54) is 5.56 Å². The molecule has 6 nitrogen and oxygen atoms in total. The highest BCUT2D eigenvalue weighted by Gasteiger charge is 2.15. The van der Waals surface area contributed by atoms with Crippen molar-refractivity contribution < 1.29 is 19.1 Å². The molecule has 0 aliphatic rings. The fourth-order valence-electron chi connectivity index (χ4n) is 2.11. The van der Waals surface area contributed by atoms with Crippen LogP contribution in [0, 0.1) is 6.92 Å². The first-order valence-corrected chi connectivity index (χ1v) is 8.51. The zero-order valence-electron chi connectivity index (χ0n) is 15.2. The van der Waals surface area contributed by atoms with Crippen LogP contribution in [0.15, 0.2) is 48.5 Å². The van der Waals surface area contributed by atoms with E-state index in [1.807, 2.05) is 43.3 Å². The fourth-order valence-corrected chi connectivity index (χ4v) is 2.11. The Bertz CT molecular complexity index is 726. The van der Waals surface area contributed by atoms with Crippen LogP contribution in [0.25, 0.3) is 0 Å². The molecule has 2 rings (SSSR count). The summed E-state index contributed by atoms with van der Waals surface area (Å²) in [5.41, 5.74) is 6.93. The monoisotopic (exact) mass is 356 g/mol.